The molecule has 0 radical (unpaired) electrons. The Kier molecular flexibility index (Phi) is 6.90. The molecule has 1 amide bonds. The average molecular weight is 432 g/mol. The SMILES string of the molecule is COc1ccc(OCC(=O)N/N=C/c2c(Cl)cccc2Cl)c(Br)c1. The number of amides is 1. The van der Waals surface area contributed by atoms with Crippen molar-refractivity contribution in [3.8, 4) is 11.5 Å². The molecule has 0 fully saturated rings. The van der Waals surface area contributed by atoms with E-state index in [1.807, 2.05) is 0 Å². The van der Waals surface area contributed by atoms with Crippen LogP contribution in [0.25, 0.3) is 0 Å². The summed E-state index contributed by atoms with van der Waals surface area (Å²) in [6, 6.07) is 10.3. The summed E-state index contributed by atoms with van der Waals surface area (Å²) in [7, 11) is 1.57. The van der Waals surface area contributed by atoms with Crippen molar-refractivity contribution in [2.45, 2.75) is 0 Å². The van der Waals surface area contributed by atoms with Crippen molar-refractivity contribution in [2.75, 3.05) is 13.7 Å². The Labute approximate surface area is 157 Å². The first-order valence-electron chi connectivity index (χ1n) is 6.73. The maximum atomic E-state index is 11.8. The van der Waals surface area contributed by atoms with Gasteiger partial charge in [-0.25, -0.2) is 5.43 Å². The van der Waals surface area contributed by atoms with Gasteiger partial charge in [-0.3, -0.25) is 4.79 Å². The van der Waals surface area contributed by atoms with Gasteiger partial charge in [0.1, 0.15) is 11.5 Å². The third-order valence-electron chi connectivity index (χ3n) is 2.88. The molecule has 5 nitrogen and oxygen atoms in total. The van der Waals surface area contributed by atoms with Gasteiger partial charge in [-0.05, 0) is 46.3 Å². The van der Waals surface area contributed by atoms with Gasteiger partial charge in [-0.15, -0.1) is 0 Å². The summed E-state index contributed by atoms with van der Waals surface area (Å²) < 4.78 is 11.2. The molecule has 1 N–H and O–H groups in total. The number of nitrogens with zero attached hydrogens (tertiary/aromatic N) is 1. The lowest BCUT2D eigenvalue weighted by molar-refractivity contribution is -0.123. The van der Waals surface area contributed by atoms with Gasteiger partial charge in [-0.2, -0.15) is 5.10 Å². The summed E-state index contributed by atoms with van der Waals surface area (Å²) in [5.41, 5.74) is 2.87. The van der Waals surface area contributed by atoms with Crippen molar-refractivity contribution < 1.29 is 14.3 Å². The Morgan fingerprint density at radius 1 is 1.29 bits per heavy atom. The second kappa shape index (κ2) is 8.92. The molecule has 0 heterocycles. The predicted octanol–water partition coefficient (Wildman–Crippen LogP) is 4.29. The topological polar surface area (TPSA) is 59.9 Å². The van der Waals surface area contributed by atoms with Crippen molar-refractivity contribution in [3.63, 3.8) is 0 Å². The molecule has 0 aliphatic rings. The van der Waals surface area contributed by atoms with Crippen molar-refractivity contribution in [1.29, 1.82) is 0 Å². The minimum Gasteiger partial charge on any atom is -0.497 e. The van der Waals surface area contributed by atoms with Gasteiger partial charge in [0.15, 0.2) is 6.61 Å². The molecule has 0 atom stereocenters. The van der Waals surface area contributed by atoms with E-state index < -0.39 is 5.91 Å². The molecule has 0 bridgehead atoms. The Morgan fingerprint density at radius 3 is 2.62 bits per heavy atom. The molecule has 0 aliphatic carbocycles. The van der Waals surface area contributed by atoms with Crippen molar-refractivity contribution >= 4 is 51.3 Å². The zero-order valence-electron chi connectivity index (χ0n) is 12.6. The van der Waals surface area contributed by atoms with E-state index in [1.165, 1.54) is 6.21 Å². The normalized spacial score (nSPS) is 10.7. The van der Waals surface area contributed by atoms with Crippen LogP contribution < -0.4 is 14.9 Å². The average Bonchev–Trinajstić information content (AvgIpc) is 2.56. The van der Waals surface area contributed by atoms with Crippen LogP contribution in [0.2, 0.25) is 10.0 Å². The zero-order chi connectivity index (χ0) is 17.5. The summed E-state index contributed by atoms with van der Waals surface area (Å²) >= 11 is 15.3. The number of halogens is 3. The number of nitrogens with one attached hydrogen (secondary N) is 1. The van der Waals surface area contributed by atoms with Gasteiger partial charge in [0.2, 0.25) is 0 Å². The maximum Gasteiger partial charge on any atom is 0.277 e. The van der Waals surface area contributed by atoms with E-state index in [0.29, 0.717) is 31.6 Å². The van der Waals surface area contributed by atoms with Gasteiger partial charge in [-0.1, -0.05) is 29.3 Å². The fraction of sp³-hybridized carbons (Fsp3) is 0.125. The predicted molar refractivity (Wildman–Crippen MR) is 98.4 cm³/mol. The molecule has 8 heteroatoms. The third-order valence-corrected chi connectivity index (χ3v) is 4.16. The highest BCUT2D eigenvalue weighted by molar-refractivity contribution is 9.10. The molecule has 126 valence electrons. The summed E-state index contributed by atoms with van der Waals surface area (Å²) in [5, 5.41) is 4.71. The molecule has 2 aromatic carbocycles. The zero-order valence-corrected chi connectivity index (χ0v) is 15.7. The van der Waals surface area contributed by atoms with Crippen molar-refractivity contribution in [2.24, 2.45) is 5.10 Å². The van der Waals surface area contributed by atoms with Crippen LogP contribution in [0.4, 0.5) is 0 Å². The van der Waals surface area contributed by atoms with Crippen LogP contribution in [0, 0.1) is 0 Å². The Hall–Kier alpha value is -1.76. The van der Waals surface area contributed by atoms with E-state index in [2.05, 4.69) is 26.5 Å². The molecule has 0 saturated heterocycles. The quantitative estimate of drug-likeness (QED) is 0.548. The number of ether oxygens (including phenoxy) is 2. The van der Waals surface area contributed by atoms with E-state index >= 15 is 0 Å². The minimum absolute atomic E-state index is 0.196. The lowest BCUT2D eigenvalue weighted by Gasteiger charge is -2.08. The molecular weight excluding hydrogens is 419 g/mol. The van der Waals surface area contributed by atoms with Crippen LogP contribution in [0.15, 0.2) is 46.0 Å². The number of benzene rings is 2. The van der Waals surface area contributed by atoms with E-state index in [0.717, 1.165) is 0 Å². The molecule has 2 rings (SSSR count). The highest BCUT2D eigenvalue weighted by Gasteiger charge is 2.07. The van der Waals surface area contributed by atoms with Crippen LogP contribution in [0.1, 0.15) is 5.56 Å². The first-order valence-corrected chi connectivity index (χ1v) is 8.28. The minimum atomic E-state index is -0.419. The summed E-state index contributed by atoms with van der Waals surface area (Å²) in [4.78, 5) is 11.8. The fourth-order valence-corrected chi connectivity index (χ4v) is 2.67. The second-order valence-corrected chi connectivity index (χ2v) is 6.18. The number of rotatable bonds is 6. The maximum absolute atomic E-state index is 11.8. The van der Waals surface area contributed by atoms with Gasteiger partial charge in [0.05, 0.1) is 27.8 Å². The number of hydrazone groups is 1. The van der Waals surface area contributed by atoms with E-state index in [9.17, 15) is 4.79 Å². The van der Waals surface area contributed by atoms with E-state index in [1.54, 1.807) is 43.5 Å². The number of hydrogen-bond donors (Lipinski definition) is 1. The highest BCUT2D eigenvalue weighted by Crippen LogP contribution is 2.29. The van der Waals surface area contributed by atoms with E-state index in [4.69, 9.17) is 32.7 Å². The number of carbonyl (C=O) groups excluding carboxylic acids is 1. The first-order chi connectivity index (χ1) is 11.5. The standard InChI is InChI=1S/C16H13BrCl2N2O3/c1-23-10-5-6-15(12(17)7-10)24-9-16(22)21-20-8-11-13(18)3-2-4-14(11)19/h2-8H,9H2,1H3,(H,21,22)/b20-8+. The van der Waals surface area contributed by atoms with Crippen molar-refractivity contribution in [3.05, 3.63) is 56.5 Å². The molecule has 24 heavy (non-hydrogen) atoms. The number of carbonyl (C=O) groups is 1. The van der Waals surface area contributed by atoms with Crippen molar-refractivity contribution in [1.82, 2.24) is 5.43 Å². The molecule has 0 unspecified atom stereocenters. The van der Waals surface area contributed by atoms with Crippen LogP contribution >= 0.6 is 39.1 Å². The van der Waals surface area contributed by atoms with E-state index in [-0.39, 0.29) is 6.61 Å². The summed E-state index contributed by atoms with van der Waals surface area (Å²) in [5.74, 6) is 0.779. The largest absolute Gasteiger partial charge is 0.497 e. The Bertz CT molecular complexity index is 749. The van der Waals surface area contributed by atoms with Gasteiger partial charge in [0, 0.05) is 5.56 Å². The first kappa shape index (κ1) is 18.6. The smallest absolute Gasteiger partial charge is 0.277 e. The summed E-state index contributed by atoms with van der Waals surface area (Å²) in [6.07, 6.45) is 1.38. The number of hydrogen-bond acceptors (Lipinski definition) is 4. The number of methoxy groups -OCH3 is 1. The molecule has 2 aromatic rings. The highest BCUT2D eigenvalue weighted by atomic mass is 79.9. The lowest BCUT2D eigenvalue weighted by atomic mass is 10.2. The van der Waals surface area contributed by atoms with Gasteiger partial charge >= 0.3 is 0 Å². The Morgan fingerprint density at radius 2 is 2.00 bits per heavy atom. The molecular formula is C16H13BrCl2N2O3. The van der Waals surface area contributed by atoms with Crippen LogP contribution in [-0.4, -0.2) is 25.8 Å². The molecule has 0 aliphatic heterocycles. The lowest BCUT2D eigenvalue weighted by Crippen LogP contribution is -2.24. The van der Waals surface area contributed by atoms with Gasteiger partial charge in [0.25, 0.3) is 5.91 Å². The molecule has 0 spiro atoms. The van der Waals surface area contributed by atoms with Crippen LogP contribution in [-0.2, 0) is 4.79 Å². The fourth-order valence-electron chi connectivity index (χ4n) is 1.70. The van der Waals surface area contributed by atoms with Crippen LogP contribution in [0.5, 0.6) is 11.5 Å². The molecule has 0 saturated carbocycles. The molecule has 0 aromatic heterocycles. The monoisotopic (exact) mass is 430 g/mol. The van der Waals surface area contributed by atoms with Crippen LogP contribution in [0.3, 0.4) is 0 Å². The Balaban J connectivity index is 1.89. The van der Waals surface area contributed by atoms with Gasteiger partial charge < -0.3 is 9.47 Å². The second-order valence-electron chi connectivity index (χ2n) is 4.51. The third kappa shape index (κ3) is 5.12. The summed E-state index contributed by atoms with van der Waals surface area (Å²) in [6.45, 7) is -0.196.